The van der Waals surface area contributed by atoms with Crippen LogP contribution < -0.4 is 0 Å². The SMILES string of the molecule is COC(=O)C(c1ccc(Cl)cc1)N1CCN(C(=O)C(C)n2cnc3ccccc32)CC1. The van der Waals surface area contributed by atoms with E-state index >= 15 is 0 Å². The van der Waals surface area contributed by atoms with Gasteiger partial charge in [0.05, 0.1) is 24.5 Å². The minimum atomic E-state index is -0.519. The molecule has 0 bridgehead atoms. The van der Waals surface area contributed by atoms with Crippen molar-refractivity contribution in [3.63, 3.8) is 0 Å². The maximum Gasteiger partial charge on any atom is 0.327 e. The van der Waals surface area contributed by atoms with Crippen LogP contribution in [-0.4, -0.2) is 64.5 Å². The number of amides is 1. The van der Waals surface area contributed by atoms with Crippen molar-refractivity contribution in [2.75, 3.05) is 33.3 Å². The van der Waals surface area contributed by atoms with Gasteiger partial charge in [0.2, 0.25) is 5.91 Å². The number of carbonyl (C=O) groups is 2. The zero-order valence-electron chi connectivity index (χ0n) is 17.6. The van der Waals surface area contributed by atoms with Gasteiger partial charge in [-0.05, 0) is 36.8 Å². The molecule has 1 amide bonds. The minimum absolute atomic E-state index is 0.0453. The largest absolute Gasteiger partial charge is 0.468 e. The zero-order chi connectivity index (χ0) is 22.0. The van der Waals surface area contributed by atoms with Gasteiger partial charge in [-0.15, -0.1) is 0 Å². The van der Waals surface area contributed by atoms with E-state index in [1.807, 2.05) is 52.8 Å². The first-order chi connectivity index (χ1) is 15.0. The number of piperazine rings is 1. The smallest absolute Gasteiger partial charge is 0.327 e. The van der Waals surface area contributed by atoms with Gasteiger partial charge in [-0.1, -0.05) is 35.9 Å². The van der Waals surface area contributed by atoms with Crippen molar-refractivity contribution in [1.82, 2.24) is 19.4 Å². The fraction of sp³-hybridized carbons (Fsp3) is 0.348. The van der Waals surface area contributed by atoms with E-state index in [0.29, 0.717) is 31.2 Å². The van der Waals surface area contributed by atoms with Crippen molar-refractivity contribution in [1.29, 1.82) is 0 Å². The van der Waals surface area contributed by atoms with Crippen molar-refractivity contribution in [2.45, 2.75) is 19.0 Å². The number of hydrogen-bond donors (Lipinski definition) is 0. The maximum atomic E-state index is 13.2. The molecule has 7 nitrogen and oxygen atoms in total. The Bertz CT molecular complexity index is 1070. The molecule has 31 heavy (non-hydrogen) atoms. The molecule has 0 N–H and O–H groups in total. The molecule has 1 saturated heterocycles. The van der Waals surface area contributed by atoms with Gasteiger partial charge >= 0.3 is 5.97 Å². The topological polar surface area (TPSA) is 67.7 Å². The first-order valence-electron chi connectivity index (χ1n) is 10.3. The second-order valence-corrected chi connectivity index (χ2v) is 8.09. The van der Waals surface area contributed by atoms with Crippen LogP contribution in [0, 0.1) is 0 Å². The average Bonchev–Trinajstić information content (AvgIpc) is 3.24. The number of fused-ring (bicyclic) bond motifs is 1. The van der Waals surface area contributed by atoms with E-state index < -0.39 is 6.04 Å². The maximum absolute atomic E-state index is 13.2. The highest BCUT2D eigenvalue weighted by Gasteiger charge is 2.33. The third kappa shape index (κ3) is 4.29. The highest BCUT2D eigenvalue weighted by molar-refractivity contribution is 6.30. The Balaban J connectivity index is 1.46. The Morgan fingerprint density at radius 1 is 1.03 bits per heavy atom. The molecule has 2 heterocycles. The van der Waals surface area contributed by atoms with Crippen LogP contribution in [0.15, 0.2) is 54.9 Å². The number of imidazole rings is 1. The standard InChI is InChI=1S/C23H25ClN4O3/c1-16(28-15-25-19-5-3-4-6-20(19)28)22(29)27-13-11-26(12-14-27)21(23(30)31-2)17-7-9-18(24)10-8-17/h3-10,15-16,21H,11-14H2,1-2H3. The number of carbonyl (C=O) groups excluding carboxylic acids is 2. The van der Waals surface area contributed by atoms with Crippen LogP contribution in [0.25, 0.3) is 11.0 Å². The van der Waals surface area contributed by atoms with Crippen molar-refractivity contribution in [3.8, 4) is 0 Å². The molecule has 1 aliphatic rings. The number of rotatable bonds is 5. The van der Waals surface area contributed by atoms with E-state index in [9.17, 15) is 9.59 Å². The third-order valence-electron chi connectivity index (χ3n) is 5.86. The first-order valence-corrected chi connectivity index (χ1v) is 10.6. The molecular formula is C23H25ClN4O3. The number of hydrogen-bond acceptors (Lipinski definition) is 5. The molecule has 1 aromatic heterocycles. The molecule has 2 unspecified atom stereocenters. The van der Waals surface area contributed by atoms with Gasteiger partial charge in [0, 0.05) is 31.2 Å². The predicted molar refractivity (Wildman–Crippen MR) is 119 cm³/mol. The van der Waals surface area contributed by atoms with Gasteiger partial charge in [-0.2, -0.15) is 0 Å². The molecule has 162 valence electrons. The summed E-state index contributed by atoms with van der Waals surface area (Å²) >= 11 is 6.00. The van der Waals surface area contributed by atoms with E-state index in [1.54, 1.807) is 18.5 Å². The average molecular weight is 441 g/mol. The Hall–Kier alpha value is -2.90. The van der Waals surface area contributed by atoms with Crippen LogP contribution in [0.5, 0.6) is 0 Å². The summed E-state index contributed by atoms with van der Waals surface area (Å²) in [6.07, 6.45) is 1.72. The van der Waals surface area contributed by atoms with Gasteiger partial charge in [0.25, 0.3) is 0 Å². The number of nitrogens with zero attached hydrogens (tertiary/aromatic N) is 4. The second kappa shape index (κ2) is 9.08. The Morgan fingerprint density at radius 2 is 1.71 bits per heavy atom. The van der Waals surface area contributed by atoms with Crippen LogP contribution in [0.4, 0.5) is 0 Å². The fourth-order valence-corrected chi connectivity index (χ4v) is 4.25. The Kier molecular flexibility index (Phi) is 6.25. The monoisotopic (exact) mass is 440 g/mol. The third-order valence-corrected chi connectivity index (χ3v) is 6.11. The fourth-order valence-electron chi connectivity index (χ4n) is 4.12. The molecule has 0 saturated carbocycles. The number of methoxy groups -OCH3 is 1. The molecule has 3 aromatic rings. The molecule has 2 aromatic carbocycles. The predicted octanol–water partition coefficient (Wildman–Crippen LogP) is 3.31. The Labute approximate surface area is 186 Å². The number of aromatic nitrogens is 2. The van der Waals surface area contributed by atoms with E-state index in [4.69, 9.17) is 16.3 Å². The summed E-state index contributed by atoms with van der Waals surface area (Å²) < 4.78 is 6.96. The van der Waals surface area contributed by atoms with Gasteiger partial charge in [0.1, 0.15) is 12.1 Å². The van der Waals surface area contributed by atoms with Crippen molar-refractivity contribution in [3.05, 3.63) is 65.4 Å². The molecule has 0 radical (unpaired) electrons. The van der Waals surface area contributed by atoms with E-state index in [0.717, 1.165) is 16.6 Å². The number of ether oxygens (including phenoxy) is 1. The molecule has 1 fully saturated rings. The van der Waals surface area contributed by atoms with E-state index in [1.165, 1.54) is 7.11 Å². The lowest BCUT2D eigenvalue weighted by Gasteiger charge is -2.39. The minimum Gasteiger partial charge on any atom is -0.468 e. The van der Waals surface area contributed by atoms with Crippen molar-refractivity contribution in [2.24, 2.45) is 0 Å². The summed E-state index contributed by atoms with van der Waals surface area (Å²) in [6, 6.07) is 14.1. The number of halogens is 1. The quantitative estimate of drug-likeness (QED) is 0.569. The highest BCUT2D eigenvalue weighted by Crippen LogP contribution is 2.26. The van der Waals surface area contributed by atoms with Gasteiger partial charge in [0.15, 0.2) is 0 Å². The molecule has 8 heteroatoms. The summed E-state index contributed by atoms with van der Waals surface area (Å²) in [6.45, 7) is 4.12. The highest BCUT2D eigenvalue weighted by atomic mass is 35.5. The van der Waals surface area contributed by atoms with Crippen molar-refractivity contribution < 1.29 is 14.3 Å². The van der Waals surface area contributed by atoms with Crippen LogP contribution in [0.2, 0.25) is 5.02 Å². The summed E-state index contributed by atoms with van der Waals surface area (Å²) in [5.74, 6) is -0.274. The van der Waals surface area contributed by atoms with Crippen LogP contribution in [0.3, 0.4) is 0 Å². The molecule has 1 aliphatic heterocycles. The molecule has 0 aliphatic carbocycles. The Morgan fingerprint density at radius 3 is 2.39 bits per heavy atom. The van der Waals surface area contributed by atoms with Crippen molar-refractivity contribution >= 4 is 34.5 Å². The lowest BCUT2D eigenvalue weighted by molar-refractivity contribution is -0.148. The molecular weight excluding hydrogens is 416 g/mol. The normalized spacial score (nSPS) is 16.8. The summed E-state index contributed by atoms with van der Waals surface area (Å²) in [7, 11) is 1.39. The molecule has 2 atom stereocenters. The lowest BCUT2D eigenvalue weighted by Crippen LogP contribution is -2.52. The van der Waals surface area contributed by atoms with Gasteiger partial charge in [-0.3, -0.25) is 9.69 Å². The van der Waals surface area contributed by atoms with Gasteiger partial charge < -0.3 is 14.2 Å². The van der Waals surface area contributed by atoms with E-state index in [-0.39, 0.29) is 17.9 Å². The number of esters is 1. The summed E-state index contributed by atoms with van der Waals surface area (Å²) in [5.41, 5.74) is 2.64. The number of benzene rings is 2. The number of para-hydroxylation sites is 2. The van der Waals surface area contributed by atoms with Crippen LogP contribution in [0.1, 0.15) is 24.6 Å². The summed E-state index contributed by atoms with van der Waals surface area (Å²) in [5, 5.41) is 0.615. The van der Waals surface area contributed by atoms with Gasteiger partial charge in [-0.25, -0.2) is 9.78 Å². The van der Waals surface area contributed by atoms with Crippen LogP contribution in [-0.2, 0) is 14.3 Å². The molecule has 4 rings (SSSR count). The van der Waals surface area contributed by atoms with Crippen LogP contribution >= 0.6 is 11.6 Å². The molecule has 0 spiro atoms. The first kappa shape index (κ1) is 21.3. The zero-order valence-corrected chi connectivity index (χ0v) is 18.3. The summed E-state index contributed by atoms with van der Waals surface area (Å²) in [4.78, 5) is 34.0. The van der Waals surface area contributed by atoms with E-state index in [2.05, 4.69) is 9.88 Å². The second-order valence-electron chi connectivity index (χ2n) is 7.66. The lowest BCUT2D eigenvalue weighted by atomic mass is 10.0.